The van der Waals surface area contributed by atoms with Crippen LogP contribution < -0.4 is 0 Å². The van der Waals surface area contributed by atoms with Gasteiger partial charge in [-0.2, -0.15) is 8.78 Å². The van der Waals surface area contributed by atoms with Gasteiger partial charge in [0.1, 0.15) is 0 Å². The lowest BCUT2D eigenvalue weighted by Gasteiger charge is -2.21. The van der Waals surface area contributed by atoms with E-state index in [1.165, 1.54) is 6.07 Å². The Kier molecular flexibility index (Phi) is 3.51. The SMILES string of the molecule is OC(O)(F)c1ccc(CCl)cc1C(O)(O)F. The first kappa shape index (κ1) is 13.3. The molecule has 0 aliphatic rings. The fourth-order valence-corrected chi connectivity index (χ4v) is 1.38. The van der Waals surface area contributed by atoms with Crippen LogP contribution in [0.2, 0.25) is 0 Å². The van der Waals surface area contributed by atoms with Crippen LogP contribution in [-0.2, 0) is 18.0 Å². The van der Waals surface area contributed by atoms with Gasteiger partial charge in [-0.25, -0.2) is 0 Å². The minimum absolute atomic E-state index is 0.0838. The second-order valence-corrected chi connectivity index (χ2v) is 3.46. The molecule has 0 amide bonds. The van der Waals surface area contributed by atoms with E-state index in [0.717, 1.165) is 12.1 Å². The summed E-state index contributed by atoms with van der Waals surface area (Å²) in [7, 11) is 0. The standard InChI is InChI=1S/C9H9ClF2O4/c10-4-5-1-2-6(8(11,13)14)7(3-5)9(12,15)16/h1-3,13-16H,4H2. The molecule has 0 aliphatic carbocycles. The smallest absolute Gasteiger partial charge is 0.336 e. The van der Waals surface area contributed by atoms with Gasteiger partial charge in [-0.15, -0.1) is 11.6 Å². The lowest BCUT2D eigenvalue weighted by molar-refractivity contribution is -0.290. The quantitative estimate of drug-likeness (QED) is 0.469. The summed E-state index contributed by atoms with van der Waals surface area (Å²) in [5, 5.41) is 34.7. The first-order chi connectivity index (χ1) is 7.16. The molecule has 1 aromatic carbocycles. The zero-order valence-electron chi connectivity index (χ0n) is 7.86. The van der Waals surface area contributed by atoms with Crippen LogP contribution >= 0.6 is 11.6 Å². The van der Waals surface area contributed by atoms with Gasteiger partial charge in [0.25, 0.3) is 0 Å². The van der Waals surface area contributed by atoms with Crippen molar-refractivity contribution in [2.24, 2.45) is 0 Å². The van der Waals surface area contributed by atoms with Gasteiger partial charge in [-0.1, -0.05) is 6.07 Å². The summed E-state index contributed by atoms with van der Waals surface area (Å²) < 4.78 is 25.7. The number of hydrogen-bond donors (Lipinski definition) is 4. The highest BCUT2D eigenvalue weighted by Gasteiger charge is 2.37. The van der Waals surface area contributed by atoms with Crippen LogP contribution in [0.5, 0.6) is 0 Å². The van der Waals surface area contributed by atoms with E-state index in [9.17, 15) is 8.78 Å². The monoisotopic (exact) mass is 254 g/mol. The summed E-state index contributed by atoms with van der Waals surface area (Å²) in [6.07, 6.45) is 0. The van der Waals surface area contributed by atoms with Gasteiger partial charge < -0.3 is 20.4 Å². The summed E-state index contributed by atoms with van der Waals surface area (Å²) in [6, 6.07) is -4.95. The molecular weight excluding hydrogens is 246 g/mol. The fraction of sp³-hybridized carbons (Fsp3) is 0.333. The fourth-order valence-electron chi connectivity index (χ4n) is 1.22. The third kappa shape index (κ3) is 2.87. The predicted octanol–water partition coefficient (Wildman–Crippen LogP) is 0.554. The minimum Gasteiger partial charge on any atom is -0.336 e. The largest absolute Gasteiger partial charge is 0.344 e. The van der Waals surface area contributed by atoms with E-state index in [4.69, 9.17) is 32.0 Å². The number of hydrogen-bond acceptors (Lipinski definition) is 4. The molecule has 16 heavy (non-hydrogen) atoms. The maximum absolute atomic E-state index is 12.9. The molecule has 0 bridgehead atoms. The van der Waals surface area contributed by atoms with Gasteiger partial charge in [0.05, 0.1) is 11.1 Å². The molecule has 4 nitrogen and oxygen atoms in total. The van der Waals surface area contributed by atoms with E-state index >= 15 is 0 Å². The molecule has 7 heteroatoms. The van der Waals surface area contributed by atoms with Crippen LogP contribution in [0, 0.1) is 0 Å². The third-order valence-electron chi connectivity index (χ3n) is 1.92. The Hall–Kier alpha value is -0.790. The van der Waals surface area contributed by atoms with Crippen LogP contribution in [0.4, 0.5) is 8.78 Å². The molecule has 0 aliphatic heterocycles. The van der Waals surface area contributed by atoms with Crippen molar-refractivity contribution in [1.82, 2.24) is 0 Å². The number of alkyl halides is 3. The molecule has 0 fully saturated rings. The van der Waals surface area contributed by atoms with Crippen LogP contribution in [-0.4, -0.2) is 20.4 Å². The van der Waals surface area contributed by atoms with Crippen molar-refractivity contribution in [3.05, 3.63) is 34.9 Å². The average Bonchev–Trinajstić information content (AvgIpc) is 2.14. The van der Waals surface area contributed by atoms with Crippen LogP contribution in [0.1, 0.15) is 16.7 Å². The maximum Gasteiger partial charge on any atom is 0.344 e. The van der Waals surface area contributed by atoms with Gasteiger partial charge in [-0.05, 0) is 17.7 Å². The first-order valence-electron chi connectivity index (χ1n) is 4.13. The lowest BCUT2D eigenvalue weighted by Crippen LogP contribution is -2.27. The Bertz CT molecular complexity index is 384. The van der Waals surface area contributed by atoms with Crippen molar-refractivity contribution >= 4 is 11.6 Å². The van der Waals surface area contributed by atoms with E-state index in [-0.39, 0.29) is 11.4 Å². The summed E-state index contributed by atoms with van der Waals surface area (Å²) >= 11 is 5.41. The molecule has 0 aromatic heterocycles. The summed E-state index contributed by atoms with van der Waals surface area (Å²) in [5.74, 6) is -0.0838. The zero-order valence-corrected chi connectivity index (χ0v) is 8.62. The molecule has 4 N–H and O–H groups in total. The first-order valence-corrected chi connectivity index (χ1v) is 4.67. The molecule has 0 saturated heterocycles. The Morgan fingerprint density at radius 3 is 1.88 bits per heavy atom. The van der Waals surface area contributed by atoms with Crippen LogP contribution in [0.15, 0.2) is 18.2 Å². The highest BCUT2D eigenvalue weighted by Crippen LogP contribution is 2.32. The van der Waals surface area contributed by atoms with Gasteiger partial charge in [0.15, 0.2) is 0 Å². The van der Waals surface area contributed by atoms with Gasteiger partial charge in [-0.3, -0.25) is 0 Å². The zero-order chi connectivity index (χ0) is 12.6. The molecule has 0 heterocycles. The molecule has 90 valence electrons. The van der Waals surface area contributed by atoms with E-state index in [1.54, 1.807) is 0 Å². The Balaban J connectivity index is 3.40. The Morgan fingerprint density at radius 2 is 1.50 bits per heavy atom. The van der Waals surface area contributed by atoms with E-state index in [0.29, 0.717) is 0 Å². The van der Waals surface area contributed by atoms with Crippen LogP contribution in [0.25, 0.3) is 0 Å². The van der Waals surface area contributed by atoms with Crippen LogP contribution in [0.3, 0.4) is 0 Å². The van der Waals surface area contributed by atoms with Crippen molar-refractivity contribution < 1.29 is 29.2 Å². The second-order valence-electron chi connectivity index (χ2n) is 3.19. The average molecular weight is 255 g/mol. The van der Waals surface area contributed by atoms with Crippen molar-refractivity contribution in [1.29, 1.82) is 0 Å². The van der Waals surface area contributed by atoms with Crippen molar-refractivity contribution in [3.8, 4) is 0 Å². The molecule has 0 atom stereocenters. The molecule has 0 saturated carbocycles. The summed E-state index contributed by atoms with van der Waals surface area (Å²) in [6.45, 7) is 0. The number of benzene rings is 1. The molecule has 0 unspecified atom stereocenters. The number of halogens is 3. The molecule has 1 rings (SSSR count). The lowest BCUT2D eigenvalue weighted by atomic mass is 10.0. The predicted molar refractivity (Wildman–Crippen MR) is 50.4 cm³/mol. The van der Waals surface area contributed by atoms with E-state index in [2.05, 4.69) is 0 Å². The highest BCUT2D eigenvalue weighted by atomic mass is 35.5. The van der Waals surface area contributed by atoms with E-state index in [1.807, 2.05) is 0 Å². The normalized spacial score (nSPS) is 12.9. The van der Waals surface area contributed by atoms with E-state index < -0.39 is 23.2 Å². The van der Waals surface area contributed by atoms with Gasteiger partial charge in [0.2, 0.25) is 0 Å². The minimum atomic E-state index is -3.89. The number of rotatable bonds is 3. The Labute approximate surface area is 94.3 Å². The second kappa shape index (κ2) is 4.23. The van der Waals surface area contributed by atoms with Crippen molar-refractivity contribution in [2.75, 3.05) is 0 Å². The summed E-state index contributed by atoms with van der Waals surface area (Å²) in [5.41, 5.74) is -1.76. The third-order valence-corrected chi connectivity index (χ3v) is 2.23. The molecule has 1 aromatic rings. The summed E-state index contributed by atoms with van der Waals surface area (Å²) in [4.78, 5) is 0. The van der Waals surface area contributed by atoms with Gasteiger partial charge in [0, 0.05) is 5.88 Å². The van der Waals surface area contributed by atoms with Gasteiger partial charge >= 0.3 is 12.1 Å². The topological polar surface area (TPSA) is 80.9 Å². The molecule has 0 radical (unpaired) electrons. The Morgan fingerprint density at radius 1 is 1.00 bits per heavy atom. The molecular formula is C9H9ClF2O4. The van der Waals surface area contributed by atoms with Crippen molar-refractivity contribution in [2.45, 2.75) is 18.0 Å². The van der Waals surface area contributed by atoms with Crippen molar-refractivity contribution in [3.63, 3.8) is 0 Å². The molecule has 0 spiro atoms. The highest BCUT2D eigenvalue weighted by molar-refractivity contribution is 6.17. The maximum atomic E-state index is 12.9. The number of aliphatic hydroxyl groups is 4.